The van der Waals surface area contributed by atoms with Gasteiger partial charge < -0.3 is 14.0 Å². The third-order valence-electron chi connectivity index (χ3n) is 4.11. The molecule has 0 aliphatic carbocycles. The Morgan fingerprint density at radius 3 is 2.48 bits per heavy atom. The van der Waals surface area contributed by atoms with E-state index in [-0.39, 0.29) is 0 Å². The van der Waals surface area contributed by atoms with Crippen LogP contribution in [0.25, 0.3) is 11.4 Å². The fourth-order valence-corrected chi connectivity index (χ4v) is 2.77. The fraction of sp³-hybridized carbons (Fsp3) is 0.333. The standard InChI is InChI=1S/C21H25N3O3/c1-3-26-19-11-9-18(10-12-19)21-22-20(27-23-21)16-24(13-14-25-2)15-17-7-5-4-6-8-17/h4-12H,3,13-16H2,1-2H3. The summed E-state index contributed by atoms with van der Waals surface area (Å²) in [5, 5.41) is 4.12. The van der Waals surface area contributed by atoms with Crippen LogP contribution in [0.1, 0.15) is 18.4 Å². The summed E-state index contributed by atoms with van der Waals surface area (Å²) in [4.78, 5) is 6.78. The van der Waals surface area contributed by atoms with Crippen LogP contribution in [0.4, 0.5) is 0 Å². The number of benzene rings is 2. The van der Waals surface area contributed by atoms with Crippen LogP contribution >= 0.6 is 0 Å². The molecule has 0 bridgehead atoms. The second kappa shape index (κ2) is 9.85. The van der Waals surface area contributed by atoms with Gasteiger partial charge in [-0.05, 0) is 36.8 Å². The van der Waals surface area contributed by atoms with Gasteiger partial charge in [0, 0.05) is 25.8 Å². The first kappa shape index (κ1) is 19.1. The first-order valence-electron chi connectivity index (χ1n) is 9.09. The molecule has 27 heavy (non-hydrogen) atoms. The average molecular weight is 367 g/mol. The van der Waals surface area contributed by atoms with Crippen LogP contribution < -0.4 is 4.74 Å². The van der Waals surface area contributed by atoms with Crippen molar-refractivity contribution in [3.05, 3.63) is 66.1 Å². The van der Waals surface area contributed by atoms with Gasteiger partial charge in [-0.25, -0.2) is 0 Å². The summed E-state index contributed by atoms with van der Waals surface area (Å²) in [7, 11) is 1.71. The van der Waals surface area contributed by atoms with Crippen LogP contribution in [-0.2, 0) is 17.8 Å². The molecule has 1 aromatic heterocycles. The summed E-state index contributed by atoms with van der Waals surface area (Å²) >= 11 is 0. The van der Waals surface area contributed by atoms with Gasteiger partial charge >= 0.3 is 0 Å². The lowest BCUT2D eigenvalue weighted by Gasteiger charge is -2.20. The van der Waals surface area contributed by atoms with Gasteiger partial charge in [-0.1, -0.05) is 35.5 Å². The molecular weight excluding hydrogens is 342 g/mol. The van der Waals surface area contributed by atoms with Gasteiger partial charge in [0.25, 0.3) is 0 Å². The van der Waals surface area contributed by atoms with Crippen molar-refractivity contribution in [2.45, 2.75) is 20.0 Å². The maximum absolute atomic E-state index is 5.47. The molecule has 0 N–H and O–H groups in total. The van der Waals surface area contributed by atoms with E-state index in [4.69, 9.17) is 14.0 Å². The van der Waals surface area contributed by atoms with E-state index in [9.17, 15) is 0 Å². The second-order valence-corrected chi connectivity index (χ2v) is 6.16. The van der Waals surface area contributed by atoms with Gasteiger partial charge in [0.15, 0.2) is 0 Å². The molecule has 0 spiro atoms. The third-order valence-corrected chi connectivity index (χ3v) is 4.11. The van der Waals surface area contributed by atoms with Crippen molar-refractivity contribution in [2.24, 2.45) is 0 Å². The predicted molar refractivity (Wildman–Crippen MR) is 103 cm³/mol. The van der Waals surface area contributed by atoms with E-state index in [2.05, 4.69) is 27.2 Å². The highest BCUT2D eigenvalue weighted by Crippen LogP contribution is 2.20. The molecule has 0 saturated heterocycles. The monoisotopic (exact) mass is 367 g/mol. The highest BCUT2D eigenvalue weighted by atomic mass is 16.5. The maximum Gasteiger partial charge on any atom is 0.241 e. The molecule has 3 aromatic rings. The van der Waals surface area contributed by atoms with Crippen LogP contribution in [-0.4, -0.2) is 41.9 Å². The van der Waals surface area contributed by atoms with E-state index in [0.717, 1.165) is 24.4 Å². The lowest BCUT2D eigenvalue weighted by atomic mass is 10.2. The van der Waals surface area contributed by atoms with Gasteiger partial charge in [-0.2, -0.15) is 4.98 Å². The number of hydrogen-bond donors (Lipinski definition) is 0. The lowest BCUT2D eigenvalue weighted by molar-refractivity contribution is 0.131. The van der Waals surface area contributed by atoms with Crippen molar-refractivity contribution in [1.29, 1.82) is 0 Å². The van der Waals surface area contributed by atoms with Crippen molar-refractivity contribution >= 4 is 0 Å². The van der Waals surface area contributed by atoms with Crippen LogP contribution in [0.3, 0.4) is 0 Å². The van der Waals surface area contributed by atoms with E-state index in [0.29, 0.717) is 31.5 Å². The van der Waals surface area contributed by atoms with Crippen LogP contribution in [0, 0.1) is 0 Å². The summed E-state index contributed by atoms with van der Waals surface area (Å²) in [6.07, 6.45) is 0. The van der Waals surface area contributed by atoms with Gasteiger partial charge in [0.05, 0.1) is 19.8 Å². The Hall–Kier alpha value is -2.70. The molecule has 3 rings (SSSR count). The molecule has 0 aliphatic heterocycles. The minimum absolute atomic E-state index is 0.572. The van der Waals surface area contributed by atoms with Gasteiger partial charge in [0.2, 0.25) is 11.7 Å². The first-order chi connectivity index (χ1) is 13.3. The number of rotatable bonds is 10. The zero-order valence-corrected chi connectivity index (χ0v) is 15.8. The first-order valence-corrected chi connectivity index (χ1v) is 9.09. The largest absolute Gasteiger partial charge is 0.494 e. The van der Waals surface area contributed by atoms with Crippen molar-refractivity contribution < 1.29 is 14.0 Å². The molecule has 0 saturated carbocycles. The highest BCUT2D eigenvalue weighted by molar-refractivity contribution is 5.55. The van der Waals surface area contributed by atoms with E-state index >= 15 is 0 Å². The van der Waals surface area contributed by atoms with Crippen LogP contribution in [0.5, 0.6) is 5.75 Å². The van der Waals surface area contributed by atoms with E-state index in [1.165, 1.54) is 5.56 Å². The minimum Gasteiger partial charge on any atom is -0.494 e. The number of aromatic nitrogens is 2. The Balaban J connectivity index is 1.67. The molecule has 0 amide bonds. The van der Waals surface area contributed by atoms with E-state index in [1.54, 1.807) is 7.11 Å². The Labute approximate surface area is 159 Å². The maximum atomic E-state index is 5.47. The lowest BCUT2D eigenvalue weighted by Crippen LogP contribution is -2.26. The zero-order valence-electron chi connectivity index (χ0n) is 15.8. The summed E-state index contributed by atoms with van der Waals surface area (Å²) in [5.74, 6) is 2.00. The SMILES string of the molecule is CCOc1ccc(-c2noc(CN(CCOC)Cc3ccccc3)n2)cc1. The summed E-state index contributed by atoms with van der Waals surface area (Å²) in [5.41, 5.74) is 2.14. The Bertz CT molecular complexity index is 803. The Kier molecular flexibility index (Phi) is 6.96. The smallest absolute Gasteiger partial charge is 0.241 e. The topological polar surface area (TPSA) is 60.6 Å². The number of nitrogens with zero attached hydrogens (tertiary/aromatic N) is 3. The van der Waals surface area contributed by atoms with E-state index in [1.807, 2.05) is 49.4 Å². The molecule has 142 valence electrons. The minimum atomic E-state index is 0.572. The summed E-state index contributed by atoms with van der Waals surface area (Å²) in [6, 6.07) is 18.0. The van der Waals surface area contributed by atoms with Gasteiger partial charge in [-0.3, -0.25) is 4.90 Å². The molecule has 0 aliphatic rings. The molecule has 6 heteroatoms. The van der Waals surface area contributed by atoms with Crippen molar-refractivity contribution in [1.82, 2.24) is 15.0 Å². The molecule has 0 unspecified atom stereocenters. The quantitative estimate of drug-likeness (QED) is 0.543. The Morgan fingerprint density at radius 1 is 1.00 bits per heavy atom. The van der Waals surface area contributed by atoms with Gasteiger partial charge in [0.1, 0.15) is 5.75 Å². The number of ether oxygens (including phenoxy) is 2. The third kappa shape index (κ3) is 5.64. The number of hydrogen-bond acceptors (Lipinski definition) is 6. The normalized spacial score (nSPS) is 11.1. The molecular formula is C21H25N3O3. The highest BCUT2D eigenvalue weighted by Gasteiger charge is 2.14. The molecule has 0 fully saturated rings. The molecule has 2 aromatic carbocycles. The van der Waals surface area contributed by atoms with Crippen molar-refractivity contribution in [3.8, 4) is 17.1 Å². The zero-order chi connectivity index (χ0) is 18.9. The number of methoxy groups -OCH3 is 1. The van der Waals surface area contributed by atoms with Crippen molar-refractivity contribution in [2.75, 3.05) is 26.9 Å². The summed E-state index contributed by atoms with van der Waals surface area (Å²) in [6.45, 7) is 5.40. The molecule has 1 heterocycles. The molecule has 0 radical (unpaired) electrons. The van der Waals surface area contributed by atoms with Crippen LogP contribution in [0.15, 0.2) is 59.1 Å². The average Bonchev–Trinajstić information content (AvgIpc) is 3.16. The fourth-order valence-electron chi connectivity index (χ4n) is 2.77. The second-order valence-electron chi connectivity index (χ2n) is 6.16. The summed E-state index contributed by atoms with van der Waals surface area (Å²) < 4.78 is 16.2. The van der Waals surface area contributed by atoms with E-state index < -0.39 is 0 Å². The van der Waals surface area contributed by atoms with Crippen LogP contribution in [0.2, 0.25) is 0 Å². The molecule has 0 atom stereocenters. The Morgan fingerprint density at radius 2 is 1.78 bits per heavy atom. The van der Waals surface area contributed by atoms with Crippen molar-refractivity contribution in [3.63, 3.8) is 0 Å². The predicted octanol–water partition coefficient (Wildman–Crippen LogP) is 3.78. The molecule has 6 nitrogen and oxygen atoms in total. The van der Waals surface area contributed by atoms with Gasteiger partial charge in [-0.15, -0.1) is 0 Å².